The molecule has 1 fully saturated rings. The highest BCUT2D eigenvalue weighted by molar-refractivity contribution is 6.31. The van der Waals surface area contributed by atoms with E-state index in [0.717, 1.165) is 5.56 Å². The zero-order valence-electron chi connectivity index (χ0n) is 14.2. The lowest BCUT2D eigenvalue weighted by atomic mass is 10.1. The van der Waals surface area contributed by atoms with E-state index in [1.165, 1.54) is 7.11 Å². The van der Waals surface area contributed by atoms with Gasteiger partial charge in [0.25, 0.3) is 0 Å². The SMILES string of the molecule is COc1ccc(Cl)cc1NC(=O)C1CC(=O)N(Cc2ccc(Cl)cc2)C1. The van der Waals surface area contributed by atoms with Gasteiger partial charge in [0.15, 0.2) is 0 Å². The van der Waals surface area contributed by atoms with Crippen LogP contribution in [0.3, 0.4) is 0 Å². The molecule has 1 unspecified atom stereocenters. The number of likely N-dealkylation sites (tertiary alicyclic amines) is 1. The largest absolute Gasteiger partial charge is 0.495 e. The topological polar surface area (TPSA) is 58.6 Å². The van der Waals surface area contributed by atoms with E-state index in [1.807, 2.05) is 12.1 Å². The Morgan fingerprint density at radius 3 is 2.58 bits per heavy atom. The number of benzene rings is 2. The zero-order valence-corrected chi connectivity index (χ0v) is 15.7. The van der Waals surface area contributed by atoms with Crippen molar-refractivity contribution >= 4 is 40.7 Å². The number of ether oxygens (including phenoxy) is 1. The summed E-state index contributed by atoms with van der Waals surface area (Å²) >= 11 is 11.9. The predicted molar refractivity (Wildman–Crippen MR) is 102 cm³/mol. The molecule has 7 heteroatoms. The van der Waals surface area contributed by atoms with Gasteiger partial charge in [0.1, 0.15) is 5.75 Å². The number of hydrogen-bond donors (Lipinski definition) is 1. The number of amides is 2. The molecule has 1 atom stereocenters. The summed E-state index contributed by atoms with van der Waals surface area (Å²) in [4.78, 5) is 26.5. The first-order valence-electron chi connectivity index (χ1n) is 8.13. The molecular formula is C19H18Cl2N2O3. The summed E-state index contributed by atoms with van der Waals surface area (Å²) in [7, 11) is 1.52. The van der Waals surface area contributed by atoms with Gasteiger partial charge >= 0.3 is 0 Å². The predicted octanol–water partition coefficient (Wildman–Crippen LogP) is 3.99. The fraction of sp³-hybridized carbons (Fsp3) is 0.263. The van der Waals surface area contributed by atoms with Crippen molar-refractivity contribution in [2.75, 3.05) is 19.0 Å². The number of rotatable bonds is 5. The number of methoxy groups -OCH3 is 1. The van der Waals surface area contributed by atoms with Crippen LogP contribution in [0, 0.1) is 5.92 Å². The molecule has 26 heavy (non-hydrogen) atoms. The first-order valence-corrected chi connectivity index (χ1v) is 8.88. The minimum atomic E-state index is -0.418. The van der Waals surface area contributed by atoms with E-state index < -0.39 is 5.92 Å². The van der Waals surface area contributed by atoms with Crippen LogP contribution in [0.15, 0.2) is 42.5 Å². The number of halogens is 2. The molecule has 1 heterocycles. The third kappa shape index (κ3) is 4.29. The average molecular weight is 393 g/mol. The second-order valence-corrected chi connectivity index (χ2v) is 7.01. The van der Waals surface area contributed by atoms with Crippen LogP contribution < -0.4 is 10.1 Å². The van der Waals surface area contributed by atoms with E-state index >= 15 is 0 Å². The van der Waals surface area contributed by atoms with Gasteiger partial charge in [-0.15, -0.1) is 0 Å². The fourth-order valence-corrected chi connectivity index (χ4v) is 3.22. The molecule has 2 aromatic rings. The van der Waals surface area contributed by atoms with Crippen molar-refractivity contribution in [1.29, 1.82) is 0 Å². The monoisotopic (exact) mass is 392 g/mol. The number of nitrogens with zero attached hydrogens (tertiary/aromatic N) is 1. The van der Waals surface area contributed by atoms with Crippen LogP contribution >= 0.6 is 23.2 Å². The maximum absolute atomic E-state index is 12.6. The van der Waals surface area contributed by atoms with Gasteiger partial charge in [-0.1, -0.05) is 35.3 Å². The Morgan fingerprint density at radius 1 is 1.19 bits per heavy atom. The lowest BCUT2D eigenvalue weighted by Gasteiger charge is -2.17. The van der Waals surface area contributed by atoms with Gasteiger partial charge in [0.2, 0.25) is 11.8 Å². The van der Waals surface area contributed by atoms with E-state index in [0.29, 0.717) is 34.6 Å². The molecule has 5 nitrogen and oxygen atoms in total. The maximum atomic E-state index is 12.6. The van der Waals surface area contributed by atoms with Crippen molar-refractivity contribution < 1.29 is 14.3 Å². The molecule has 2 amide bonds. The second kappa shape index (κ2) is 7.98. The molecule has 2 aromatic carbocycles. The molecule has 1 N–H and O–H groups in total. The van der Waals surface area contributed by atoms with Crippen LogP contribution in [-0.4, -0.2) is 30.4 Å². The average Bonchev–Trinajstić information content (AvgIpc) is 2.98. The number of anilines is 1. The van der Waals surface area contributed by atoms with E-state index in [1.54, 1.807) is 35.2 Å². The van der Waals surface area contributed by atoms with Gasteiger partial charge in [-0.25, -0.2) is 0 Å². The van der Waals surface area contributed by atoms with E-state index in [4.69, 9.17) is 27.9 Å². The highest BCUT2D eigenvalue weighted by Crippen LogP contribution is 2.29. The van der Waals surface area contributed by atoms with E-state index in [2.05, 4.69) is 5.32 Å². The van der Waals surface area contributed by atoms with Crippen molar-refractivity contribution in [3.8, 4) is 5.75 Å². The normalized spacial score (nSPS) is 16.7. The Balaban J connectivity index is 1.65. The molecule has 0 saturated carbocycles. The van der Waals surface area contributed by atoms with Crippen LogP contribution in [0.4, 0.5) is 5.69 Å². The van der Waals surface area contributed by atoms with Crippen LogP contribution in [0.1, 0.15) is 12.0 Å². The lowest BCUT2D eigenvalue weighted by molar-refractivity contribution is -0.128. The van der Waals surface area contributed by atoms with Gasteiger partial charge in [-0.3, -0.25) is 9.59 Å². The van der Waals surface area contributed by atoms with Crippen molar-refractivity contribution in [1.82, 2.24) is 4.90 Å². The molecule has 1 aliphatic rings. The van der Waals surface area contributed by atoms with Crippen molar-refractivity contribution in [3.05, 3.63) is 58.1 Å². The Labute approximate surface area is 161 Å². The Morgan fingerprint density at radius 2 is 1.88 bits per heavy atom. The fourth-order valence-electron chi connectivity index (χ4n) is 2.92. The summed E-state index contributed by atoms with van der Waals surface area (Å²) in [5.41, 5.74) is 1.47. The molecule has 136 valence electrons. The minimum Gasteiger partial charge on any atom is -0.495 e. The van der Waals surface area contributed by atoms with Crippen molar-refractivity contribution in [2.45, 2.75) is 13.0 Å². The highest BCUT2D eigenvalue weighted by atomic mass is 35.5. The number of hydrogen-bond acceptors (Lipinski definition) is 3. The quantitative estimate of drug-likeness (QED) is 0.836. The van der Waals surface area contributed by atoms with E-state index in [9.17, 15) is 9.59 Å². The second-order valence-electron chi connectivity index (χ2n) is 6.14. The summed E-state index contributed by atoms with van der Waals surface area (Å²) < 4.78 is 5.23. The maximum Gasteiger partial charge on any atom is 0.229 e. The third-order valence-electron chi connectivity index (χ3n) is 4.29. The summed E-state index contributed by atoms with van der Waals surface area (Å²) in [6.07, 6.45) is 0.183. The van der Waals surface area contributed by atoms with Gasteiger partial charge in [-0.05, 0) is 35.9 Å². The third-order valence-corrected chi connectivity index (χ3v) is 4.78. The molecule has 3 rings (SSSR count). The van der Waals surface area contributed by atoms with Gasteiger partial charge in [0, 0.05) is 29.6 Å². The van der Waals surface area contributed by atoms with Crippen molar-refractivity contribution in [3.63, 3.8) is 0 Å². The van der Waals surface area contributed by atoms with Crippen LogP contribution in [0.5, 0.6) is 5.75 Å². The zero-order chi connectivity index (χ0) is 18.7. The van der Waals surface area contributed by atoms with Crippen LogP contribution in [0.25, 0.3) is 0 Å². The standard InChI is InChI=1S/C19H18Cl2N2O3/c1-26-17-7-6-15(21)9-16(17)22-19(25)13-8-18(24)23(11-13)10-12-2-4-14(20)5-3-12/h2-7,9,13H,8,10-11H2,1H3,(H,22,25). The summed E-state index contributed by atoms with van der Waals surface area (Å²) in [6, 6.07) is 12.3. The van der Waals surface area contributed by atoms with Gasteiger partial charge in [0.05, 0.1) is 18.7 Å². The molecule has 0 aliphatic carbocycles. The highest BCUT2D eigenvalue weighted by Gasteiger charge is 2.34. The van der Waals surface area contributed by atoms with Crippen molar-refractivity contribution in [2.24, 2.45) is 5.92 Å². The smallest absolute Gasteiger partial charge is 0.229 e. The first-order chi connectivity index (χ1) is 12.5. The van der Waals surface area contributed by atoms with Crippen LogP contribution in [0.2, 0.25) is 10.0 Å². The number of carbonyl (C=O) groups is 2. The number of nitrogens with one attached hydrogen (secondary N) is 1. The molecule has 0 bridgehead atoms. The summed E-state index contributed by atoms with van der Waals surface area (Å²) in [5, 5.41) is 3.95. The lowest BCUT2D eigenvalue weighted by Crippen LogP contribution is -2.28. The minimum absolute atomic E-state index is 0.0434. The molecule has 1 aliphatic heterocycles. The summed E-state index contributed by atoms with van der Waals surface area (Å²) in [6.45, 7) is 0.830. The Bertz CT molecular complexity index is 824. The summed E-state index contributed by atoms with van der Waals surface area (Å²) in [5.74, 6) is -0.167. The Kier molecular flexibility index (Phi) is 5.69. The molecule has 0 radical (unpaired) electrons. The van der Waals surface area contributed by atoms with Gasteiger partial charge < -0.3 is 15.0 Å². The first kappa shape index (κ1) is 18.5. The van der Waals surface area contributed by atoms with Crippen LogP contribution in [-0.2, 0) is 16.1 Å². The molecule has 0 spiro atoms. The molecule has 0 aromatic heterocycles. The molecule has 1 saturated heterocycles. The van der Waals surface area contributed by atoms with E-state index in [-0.39, 0.29) is 18.2 Å². The number of carbonyl (C=O) groups excluding carboxylic acids is 2. The van der Waals surface area contributed by atoms with Gasteiger partial charge in [-0.2, -0.15) is 0 Å². The Hall–Kier alpha value is -2.24. The molecular weight excluding hydrogens is 375 g/mol.